The van der Waals surface area contributed by atoms with Crippen molar-refractivity contribution in [1.29, 1.82) is 0 Å². The topological polar surface area (TPSA) is 37.6 Å². The van der Waals surface area contributed by atoms with Crippen LogP contribution in [-0.2, 0) is 0 Å². The van der Waals surface area contributed by atoms with Crippen molar-refractivity contribution in [2.45, 2.75) is 0 Å². The molecule has 4 heteroatoms. The second-order valence-corrected chi connectivity index (χ2v) is 5.23. The molecule has 0 N–H and O–H groups in total. The van der Waals surface area contributed by atoms with E-state index in [-0.39, 0.29) is 5.91 Å². The van der Waals surface area contributed by atoms with Crippen LogP contribution in [0, 0.1) is 0 Å². The van der Waals surface area contributed by atoms with Gasteiger partial charge in [0, 0.05) is 36.8 Å². The largest absolute Gasteiger partial charge is 0.303 e. The summed E-state index contributed by atoms with van der Waals surface area (Å²) < 4.78 is 1.68. The first-order valence-corrected chi connectivity index (χ1v) is 7.08. The van der Waals surface area contributed by atoms with E-state index in [1.807, 2.05) is 74.9 Å². The Morgan fingerprint density at radius 1 is 1.05 bits per heavy atom. The predicted molar refractivity (Wildman–Crippen MR) is 89.4 cm³/mol. The summed E-state index contributed by atoms with van der Waals surface area (Å²) in [6, 6.07) is 17.1. The van der Waals surface area contributed by atoms with E-state index in [1.54, 1.807) is 15.8 Å². The first kappa shape index (κ1) is 14.1. The van der Waals surface area contributed by atoms with Gasteiger partial charge in [0.15, 0.2) is 0 Å². The minimum atomic E-state index is -0.0405. The Labute approximate surface area is 129 Å². The van der Waals surface area contributed by atoms with E-state index in [9.17, 15) is 4.79 Å². The number of hydrazone groups is 1. The molecule has 0 aliphatic heterocycles. The molecule has 0 saturated heterocycles. The highest BCUT2D eigenvalue weighted by molar-refractivity contribution is 6.07. The number of para-hydroxylation sites is 1. The van der Waals surface area contributed by atoms with Crippen LogP contribution in [0.2, 0.25) is 0 Å². The summed E-state index contributed by atoms with van der Waals surface area (Å²) in [7, 11) is 3.73. The van der Waals surface area contributed by atoms with Gasteiger partial charge in [0.25, 0.3) is 5.91 Å². The van der Waals surface area contributed by atoms with Gasteiger partial charge in [-0.1, -0.05) is 36.4 Å². The van der Waals surface area contributed by atoms with Crippen LogP contribution in [0.3, 0.4) is 0 Å². The van der Waals surface area contributed by atoms with E-state index >= 15 is 0 Å². The molecule has 2 aromatic carbocycles. The molecule has 0 spiro atoms. The van der Waals surface area contributed by atoms with Gasteiger partial charge in [-0.05, 0) is 18.2 Å². The van der Waals surface area contributed by atoms with Gasteiger partial charge in [0.2, 0.25) is 0 Å². The second-order valence-electron chi connectivity index (χ2n) is 5.23. The van der Waals surface area contributed by atoms with E-state index in [4.69, 9.17) is 0 Å². The van der Waals surface area contributed by atoms with Gasteiger partial charge >= 0.3 is 0 Å². The van der Waals surface area contributed by atoms with Crippen LogP contribution in [0.15, 0.2) is 65.9 Å². The van der Waals surface area contributed by atoms with E-state index in [2.05, 4.69) is 5.10 Å². The third-order valence-corrected chi connectivity index (χ3v) is 3.41. The Morgan fingerprint density at radius 2 is 1.73 bits per heavy atom. The van der Waals surface area contributed by atoms with E-state index in [0.29, 0.717) is 5.56 Å². The summed E-state index contributed by atoms with van der Waals surface area (Å²) in [4.78, 5) is 12.7. The first-order valence-electron chi connectivity index (χ1n) is 7.08. The monoisotopic (exact) mass is 291 g/mol. The molecular weight excluding hydrogens is 274 g/mol. The molecule has 0 saturated carbocycles. The van der Waals surface area contributed by atoms with Crippen molar-refractivity contribution in [3.63, 3.8) is 0 Å². The van der Waals surface area contributed by atoms with Crippen molar-refractivity contribution in [3.05, 3.63) is 71.9 Å². The molecule has 110 valence electrons. The van der Waals surface area contributed by atoms with Crippen molar-refractivity contribution < 1.29 is 4.79 Å². The number of fused-ring (bicyclic) bond motifs is 1. The average Bonchev–Trinajstić information content (AvgIpc) is 2.92. The molecule has 22 heavy (non-hydrogen) atoms. The molecule has 0 aliphatic rings. The van der Waals surface area contributed by atoms with Crippen LogP contribution in [0.1, 0.15) is 15.9 Å². The Bertz CT molecular complexity index is 832. The molecule has 1 heterocycles. The zero-order valence-electron chi connectivity index (χ0n) is 12.6. The fourth-order valence-electron chi connectivity index (χ4n) is 2.37. The lowest BCUT2D eigenvalue weighted by molar-refractivity contribution is 0.0965. The zero-order valence-corrected chi connectivity index (χ0v) is 12.6. The second kappa shape index (κ2) is 5.85. The molecular formula is C18H17N3O. The zero-order chi connectivity index (χ0) is 15.5. The lowest BCUT2D eigenvalue weighted by atomic mass is 10.2. The summed E-state index contributed by atoms with van der Waals surface area (Å²) in [6.45, 7) is 0. The Hall–Kier alpha value is -2.88. The standard InChI is InChI=1S/C18H17N3O/c1-20(2)19-12-15-13-21(17-11-7-6-10-16(15)17)18(22)14-8-4-3-5-9-14/h3-13H,1-2H3/b19-12+. The number of rotatable bonds is 3. The van der Waals surface area contributed by atoms with Crippen molar-refractivity contribution in [2.75, 3.05) is 14.1 Å². The maximum absolute atomic E-state index is 12.7. The van der Waals surface area contributed by atoms with Gasteiger partial charge in [0.05, 0.1) is 11.7 Å². The SMILES string of the molecule is CN(C)/N=C/c1cn(C(=O)c2ccccc2)c2ccccc12. The van der Waals surface area contributed by atoms with Gasteiger partial charge in [-0.2, -0.15) is 5.10 Å². The number of aromatic nitrogens is 1. The highest BCUT2D eigenvalue weighted by Gasteiger charge is 2.13. The van der Waals surface area contributed by atoms with Gasteiger partial charge < -0.3 is 5.01 Å². The molecule has 4 nitrogen and oxygen atoms in total. The lowest BCUT2D eigenvalue weighted by Gasteiger charge is -2.03. The van der Waals surface area contributed by atoms with Gasteiger partial charge in [-0.3, -0.25) is 9.36 Å². The van der Waals surface area contributed by atoms with Crippen LogP contribution >= 0.6 is 0 Å². The van der Waals surface area contributed by atoms with Crippen molar-refractivity contribution in [1.82, 2.24) is 9.58 Å². The highest BCUT2D eigenvalue weighted by Crippen LogP contribution is 2.21. The van der Waals surface area contributed by atoms with Gasteiger partial charge in [-0.15, -0.1) is 0 Å². The molecule has 0 unspecified atom stereocenters. The van der Waals surface area contributed by atoms with Crippen LogP contribution in [0.4, 0.5) is 0 Å². The number of hydrogen-bond donors (Lipinski definition) is 0. The Kier molecular flexibility index (Phi) is 3.74. The number of nitrogens with zero attached hydrogens (tertiary/aromatic N) is 3. The molecule has 0 bridgehead atoms. The summed E-state index contributed by atoms with van der Waals surface area (Å²) in [6.07, 6.45) is 3.62. The molecule has 3 aromatic rings. The summed E-state index contributed by atoms with van der Waals surface area (Å²) in [5.74, 6) is -0.0405. The van der Waals surface area contributed by atoms with Crippen LogP contribution in [0.5, 0.6) is 0 Å². The first-order chi connectivity index (χ1) is 10.7. The van der Waals surface area contributed by atoms with Crippen LogP contribution in [0.25, 0.3) is 10.9 Å². The van der Waals surface area contributed by atoms with Crippen LogP contribution in [-0.4, -0.2) is 35.8 Å². The maximum atomic E-state index is 12.7. The van der Waals surface area contributed by atoms with E-state index < -0.39 is 0 Å². The van der Waals surface area contributed by atoms with Crippen LogP contribution < -0.4 is 0 Å². The maximum Gasteiger partial charge on any atom is 0.262 e. The lowest BCUT2D eigenvalue weighted by Crippen LogP contribution is -2.10. The normalized spacial score (nSPS) is 11.2. The van der Waals surface area contributed by atoms with Gasteiger partial charge in [0.1, 0.15) is 0 Å². The number of carbonyl (C=O) groups is 1. The minimum Gasteiger partial charge on any atom is -0.303 e. The fourth-order valence-corrected chi connectivity index (χ4v) is 2.37. The van der Waals surface area contributed by atoms with E-state index in [1.165, 1.54) is 0 Å². The quantitative estimate of drug-likeness (QED) is 0.549. The molecule has 0 atom stereocenters. The summed E-state index contributed by atoms with van der Waals surface area (Å²) >= 11 is 0. The molecule has 0 radical (unpaired) electrons. The third kappa shape index (κ3) is 2.63. The summed E-state index contributed by atoms with van der Waals surface area (Å²) in [5, 5.41) is 7.01. The molecule has 0 aliphatic carbocycles. The minimum absolute atomic E-state index is 0.0405. The van der Waals surface area contributed by atoms with Crippen molar-refractivity contribution in [3.8, 4) is 0 Å². The third-order valence-electron chi connectivity index (χ3n) is 3.41. The smallest absolute Gasteiger partial charge is 0.262 e. The molecule has 0 fully saturated rings. The molecule has 0 amide bonds. The Balaban J connectivity index is 2.12. The number of carbonyl (C=O) groups excluding carboxylic acids is 1. The van der Waals surface area contributed by atoms with Gasteiger partial charge in [-0.25, -0.2) is 0 Å². The Morgan fingerprint density at radius 3 is 2.45 bits per heavy atom. The fraction of sp³-hybridized carbons (Fsp3) is 0.111. The average molecular weight is 291 g/mol. The molecule has 1 aromatic heterocycles. The number of hydrogen-bond acceptors (Lipinski definition) is 3. The highest BCUT2D eigenvalue weighted by atomic mass is 16.2. The predicted octanol–water partition coefficient (Wildman–Crippen LogP) is 3.23. The number of benzene rings is 2. The summed E-state index contributed by atoms with van der Waals surface area (Å²) in [5.41, 5.74) is 2.48. The molecule has 3 rings (SSSR count). The van der Waals surface area contributed by atoms with Crippen molar-refractivity contribution >= 4 is 23.0 Å². The van der Waals surface area contributed by atoms with E-state index in [0.717, 1.165) is 16.5 Å². The van der Waals surface area contributed by atoms with Crippen molar-refractivity contribution in [2.24, 2.45) is 5.10 Å².